The minimum Gasteiger partial charge on any atom is -0.507 e. The molecule has 2 heterocycles. The van der Waals surface area contributed by atoms with E-state index in [9.17, 15) is 19.5 Å². The third-order valence-electron chi connectivity index (χ3n) is 5.90. The summed E-state index contributed by atoms with van der Waals surface area (Å²) in [7, 11) is 5.15. The molecule has 0 aliphatic carbocycles. The first-order valence-corrected chi connectivity index (χ1v) is 11.4. The molecule has 10 nitrogen and oxygen atoms in total. The van der Waals surface area contributed by atoms with E-state index < -0.39 is 23.7 Å². The fourth-order valence-corrected chi connectivity index (χ4v) is 4.21. The Morgan fingerprint density at radius 3 is 2.47 bits per heavy atom. The molecular formula is C26H28N2O8. The van der Waals surface area contributed by atoms with Crippen LogP contribution >= 0.6 is 0 Å². The first-order valence-electron chi connectivity index (χ1n) is 11.4. The number of ketones is 1. The number of carbonyl (C=O) groups excluding carboxylic acids is 3. The summed E-state index contributed by atoms with van der Waals surface area (Å²) in [4.78, 5) is 41.3. The van der Waals surface area contributed by atoms with Crippen LogP contribution in [0.3, 0.4) is 0 Å². The average Bonchev–Trinajstić information content (AvgIpc) is 3.11. The molecule has 1 unspecified atom stereocenters. The first-order chi connectivity index (χ1) is 17.2. The first kappa shape index (κ1) is 25.1. The van der Waals surface area contributed by atoms with Gasteiger partial charge < -0.3 is 33.9 Å². The van der Waals surface area contributed by atoms with Crippen molar-refractivity contribution in [2.24, 2.45) is 0 Å². The maximum Gasteiger partial charge on any atom is 0.308 e. The molecule has 1 fully saturated rings. The lowest BCUT2D eigenvalue weighted by Gasteiger charge is -2.27. The van der Waals surface area contributed by atoms with E-state index in [1.54, 1.807) is 30.3 Å². The summed E-state index contributed by atoms with van der Waals surface area (Å²) in [6.45, 7) is 2.75. The maximum atomic E-state index is 13.2. The Morgan fingerprint density at radius 1 is 1.08 bits per heavy atom. The second-order valence-corrected chi connectivity index (χ2v) is 8.66. The Balaban J connectivity index is 1.86. The summed E-state index contributed by atoms with van der Waals surface area (Å²) in [6, 6.07) is 8.70. The minimum absolute atomic E-state index is 0.0747. The number of likely N-dealkylation sites (N-methyl/N-ethyl adjacent to an activating group) is 1. The highest BCUT2D eigenvalue weighted by Crippen LogP contribution is 2.43. The van der Waals surface area contributed by atoms with Crippen LogP contribution in [0, 0.1) is 0 Å². The van der Waals surface area contributed by atoms with E-state index >= 15 is 0 Å². The largest absolute Gasteiger partial charge is 0.507 e. The van der Waals surface area contributed by atoms with Gasteiger partial charge in [-0.05, 0) is 50.0 Å². The summed E-state index contributed by atoms with van der Waals surface area (Å²) in [6.07, 6.45) is 0. The number of benzene rings is 2. The van der Waals surface area contributed by atoms with Crippen LogP contribution in [0.1, 0.15) is 24.1 Å². The molecule has 0 bridgehead atoms. The molecule has 2 aliphatic heterocycles. The second kappa shape index (κ2) is 10.3. The Bertz CT molecular complexity index is 1240. The predicted octanol–water partition coefficient (Wildman–Crippen LogP) is 2.38. The van der Waals surface area contributed by atoms with Crippen molar-refractivity contribution in [3.05, 3.63) is 53.1 Å². The van der Waals surface area contributed by atoms with Gasteiger partial charge >= 0.3 is 5.97 Å². The van der Waals surface area contributed by atoms with E-state index in [0.717, 1.165) is 0 Å². The normalized spacial score (nSPS) is 18.5. The van der Waals surface area contributed by atoms with Crippen molar-refractivity contribution < 1.29 is 38.4 Å². The molecule has 190 valence electrons. The summed E-state index contributed by atoms with van der Waals surface area (Å²) < 4.78 is 21.7. The zero-order valence-electron chi connectivity index (χ0n) is 20.6. The van der Waals surface area contributed by atoms with Gasteiger partial charge in [0.2, 0.25) is 0 Å². The number of methoxy groups -OCH3 is 1. The molecule has 4 rings (SSSR count). The lowest BCUT2D eigenvalue weighted by molar-refractivity contribution is -0.140. The lowest BCUT2D eigenvalue weighted by atomic mass is 9.94. The fourth-order valence-electron chi connectivity index (χ4n) is 4.21. The molecule has 0 radical (unpaired) electrons. The van der Waals surface area contributed by atoms with E-state index in [1.807, 2.05) is 19.0 Å². The highest BCUT2D eigenvalue weighted by molar-refractivity contribution is 6.46. The molecule has 0 saturated carbocycles. The fraction of sp³-hybridized carbons (Fsp3) is 0.346. The number of hydrogen-bond acceptors (Lipinski definition) is 9. The van der Waals surface area contributed by atoms with Crippen LogP contribution in [-0.2, 0) is 14.4 Å². The SMILES string of the molecule is COc1ccc(C2/C(=C(\O)c3ccc4c(c3)OCCO4)C(=O)C(=O)N2CCN(C)C)cc1OC(C)=O. The number of aliphatic hydroxyl groups excluding tert-OH is 1. The molecule has 2 aromatic rings. The van der Waals surface area contributed by atoms with Crippen molar-refractivity contribution in [2.75, 3.05) is 47.5 Å². The zero-order chi connectivity index (χ0) is 26.0. The summed E-state index contributed by atoms with van der Waals surface area (Å²) in [5.41, 5.74) is 0.710. The number of hydrogen-bond donors (Lipinski definition) is 1. The summed E-state index contributed by atoms with van der Waals surface area (Å²) >= 11 is 0. The van der Waals surface area contributed by atoms with Crippen LogP contribution in [0.15, 0.2) is 42.0 Å². The van der Waals surface area contributed by atoms with Crippen molar-refractivity contribution in [1.29, 1.82) is 0 Å². The van der Waals surface area contributed by atoms with Gasteiger partial charge in [0.05, 0.1) is 18.7 Å². The van der Waals surface area contributed by atoms with Crippen LogP contribution in [0.2, 0.25) is 0 Å². The van der Waals surface area contributed by atoms with E-state index in [-0.39, 0.29) is 23.6 Å². The number of esters is 1. The Hall–Kier alpha value is -4.05. The van der Waals surface area contributed by atoms with Crippen molar-refractivity contribution in [3.8, 4) is 23.0 Å². The molecule has 10 heteroatoms. The van der Waals surface area contributed by atoms with Crippen molar-refractivity contribution in [2.45, 2.75) is 13.0 Å². The monoisotopic (exact) mass is 496 g/mol. The third kappa shape index (κ3) is 4.85. The summed E-state index contributed by atoms with van der Waals surface area (Å²) in [5.74, 6) is -1.02. The van der Waals surface area contributed by atoms with Gasteiger partial charge in [-0.1, -0.05) is 6.07 Å². The van der Waals surface area contributed by atoms with Gasteiger partial charge in [-0.2, -0.15) is 0 Å². The second-order valence-electron chi connectivity index (χ2n) is 8.66. The molecule has 1 saturated heterocycles. The number of Topliss-reactive ketones (excluding diaryl/α,β-unsaturated/α-hetero) is 1. The average molecular weight is 497 g/mol. The lowest BCUT2D eigenvalue weighted by Crippen LogP contribution is -2.35. The standard InChI is InChI=1S/C26H28N2O8/c1-15(29)36-21-13-16(5-7-18(21)33-4)23-22(25(31)26(32)28(23)10-9-27(2)3)24(30)17-6-8-19-20(14-17)35-12-11-34-19/h5-8,13-14,23,30H,9-12H2,1-4H3/b24-22+. The van der Waals surface area contributed by atoms with E-state index in [1.165, 1.54) is 25.0 Å². The highest BCUT2D eigenvalue weighted by atomic mass is 16.6. The number of likely N-dealkylation sites (tertiary alicyclic amines) is 1. The van der Waals surface area contributed by atoms with Gasteiger partial charge in [0, 0.05) is 25.6 Å². The smallest absolute Gasteiger partial charge is 0.308 e. The molecule has 2 aromatic carbocycles. The van der Waals surface area contributed by atoms with Gasteiger partial charge in [0.25, 0.3) is 11.7 Å². The highest BCUT2D eigenvalue weighted by Gasteiger charge is 2.46. The molecule has 1 N–H and O–H groups in total. The van der Waals surface area contributed by atoms with Gasteiger partial charge in [-0.25, -0.2) is 0 Å². The van der Waals surface area contributed by atoms with E-state index in [4.69, 9.17) is 18.9 Å². The number of fused-ring (bicyclic) bond motifs is 1. The van der Waals surface area contributed by atoms with Gasteiger partial charge in [0.1, 0.15) is 19.0 Å². The molecule has 0 aromatic heterocycles. The molecular weight excluding hydrogens is 468 g/mol. The van der Waals surface area contributed by atoms with Gasteiger partial charge in [-0.15, -0.1) is 0 Å². The van der Waals surface area contributed by atoms with E-state index in [2.05, 4.69) is 0 Å². The number of amides is 1. The molecule has 1 amide bonds. The van der Waals surface area contributed by atoms with E-state index in [0.29, 0.717) is 48.1 Å². The summed E-state index contributed by atoms with van der Waals surface area (Å²) in [5, 5.41) is 11.3. The van der Waals surface area contributed by atoms with Crippen LogP contribution in [0.5, 0.6) is 23.0 Å². The quantitative estimate of drug-likeness (QED) is 0.203. The van der Waals surface area contributed by atoms with Crippen LogP contribution < -0.4 is 18.9 Å². The van der Waals surface area contributed by atoms with Gasteiger partial charge in [-0.3, -0.25) is 14.4 Å². The van der Waals surface area contributed by atoms with Crippen molar-refractivity contribution in [1.82, 2.24) is 9.80 Å². The van der Waals surface area contributed by atoms with Crippen LogP contribution in [-0.4, -0.2) is 80.1 Å². The van der Waals surface area contributed by atoms with Gasteiger partial charge in [0.15, 0.2) is 23.0 Å². The topological polar surface area (TPSA) is 115 Å². The van der Waals surface area contributed by atoms with Crippen LogP contribution in [0.25, 0.3) is 5.76 Å². The number of carbonyl (C=O) groups is 3. The zero-order valence-corrected chi connectivity index (χ0v) is 20.6. The maximum absolute atomic E-state index is 13.2. The number of nitrogens with zero attached hydrogens (tertiary/aromatic N) is 2. The Kier molecular flexibility index (Phi) is 7.16. The van der Waals surface area contributed by atoms with Crippen LogP contribution in [0.4, 0.5) is 0 Å². The minimum atomic E-state index is -0.918. The molecule has 2 aliphatic rings. The predicted molar refractivity (Wildman–Crippen MR) is 129 cm³/mol. The molecule has 36 heavy (non-hydrogen) atoms. The van der Waals surface area contributed by atoms with Crippen molar-refractivity contribution in [3.63, 3.8) is 0 Å². The Labute approximate surface area is 208 Å². The number of rotatable bonds is 7. The molecule has 1 atom stereocenters. The number of aliphatic hydroxyl groups is 1. The third-order valence-corrected chi connectivity index (χ3v) is 5.90. The van der Waals surface area contributed by atoms with Crippen molar-refractivity contribution >= 4 is 23.4 Å². The number of ether oxygens (including phenoxy) is 4. The Morgan fingerprint density at radius 2 is 1.81 bits per heavy atom. The molecule has 0 spiro atoms.